The van der Waals surface area contributed by atoms with Crippen molar-refractivity contribution in [2.75, 3.05) is 11.9 Å². The van der Waals surface area contributed by atoms with Crippen molar-refractivity contribution >= 4 is 17.3 Å². The molecule has 3 aromatic rings. The van der Waals surface area contributed by atoms with Crippen LogP contribution in [0.1, 0.15) is 10.5 Å². The number of para-hydroxylation sites is 1. The van der Waals surface area contributed by atoms with E-state index in [0.717, 1.165) is 16.9 Å². The molecule has 4 nitrogen and oxygen atoms in total. The fourth-order valence-electron chi connectivity index (χ4n) is 2.38. The minimum Gasteiger partial charge on any atom is -0.477 e. The third kappa shape index (κ3) is 3.21. The van der Waals surface area contributed by atoms with Gasteiger partial charge in [0.25, 0.3) is 0 Å². The fourth-order valence-corrected chi connectivity index (χ4v) is 2.38. The Bertz CT molecular complexity index is 817. The first-order valence-corrected chi connectivity index (χ1v) is 7.25. The van der Waals surface area contributed by atoms with Gasteiger partial charge in [-0.2, -0.15) is 0 Å². The molecule has 1 aromatic heterocycles. The molecule has 0 aliphatic rings. The van der Waals surface area contributed by atoms with Crippen molar-refractivity contribution in [1.29, 1.82) is 0 Å². The highest BCUT2D eigenvalue weighted by Crippen LogP contribution is 2.28. The van der Waals surface area contributed by atoms with Crippen molar-refractivity contribution in [2.24, 2.45) is 0 Å². The molecule has 23 heavy (non-hydrogen) atoms. The van der Waals surface area contributed by atoms with E-state index < -0.39 is 5.97 Å². The van der Waals surface area contributed by atoms with Crippen LogP contribution in [0.5, 0.6) is 0 Å². The number of carboxylic acids is 1. The monoisotopic (exact) mass is 304 g/mol. The Labute approximate surface area is 134 Å². The number of aromatic nitrogens is 1. The van der Waals surface area contributed by atoms with E-state index in [1.807, 2.05) is 78.7 Å². The van der Waals surface area contributed by atoms with Gasteiger partial charge >= 0.3 is 5.97 Å². The highest BCUT2D eigenvalue weighted by Gasteiger charge is 2.13. The summed E-state index contributed by atoms with van der Waals surface area (Å²) in [6, 6.07) is 22.8. The van der Waals surface area contributed by atoms with E-state index in [-0.39, 0.29) is 5.69 Å². The van der Waals surface area contributed by atoms with Crippen molar-refractivity contribution < 1.29 is 9.90 Å². The van der Waals surface area contributed by atoms with E-state index in [9.17, 15) is 9.90 Å². The molecule has 0 unspecified atom stereocenters. The fraction of sp³-hybridized carbons (Fsp3) is 0.0526. The number of carbonyl (C=O) groups is 1. The summed E-state index contributed by atoms with van der Waals surface area (Å²) in [6.07, 6.45) is 0. The van der Waals surface area contributed by atoms with Gasteiger partial charge in [0.15, 0.2) is 5.69 Å². The van der Waals surface area contributed by atoms with Crippen LogP contribution in [-0.4, -0.2) is 23.1 Å². The van der Waals surface area contributed by atoms with Gasteiger partial charge in [0, 0.05) is 24.0 Å². The minimum atomic E-state index is -1.04. The number of hydrogen-bond acceptors (Lipinski definition) is 3. The van der Waals surface area contributed by atoms with Crippen LogP contribution in [0.3, 0.4) is 0 Å². The van der Waals surface area contributed by atoms with Crippen molar-refractivity contribution in [3.05, 3.63) is 78.5 Å². The molecule has 0 aliphatic carbocycles. The molecule has 0 saturated carbocycles. The first kappa shape index (κ1) is 14.8. The van der Waals surface area contributed by atoms with Crippen molar-refractivity contribution in [3.63, 3.8) is 0 Å². The van der Waals surface area contributed by atoms with Crippen LogP contribution in [0.25, 0.3) is 11.3 Å². The van der Waals surface area contributed by atoms with Gasteiger partial charge < -0.3 is 10.0 Å². The largest absolute Gasteiger partial charge is 0.477 e. The summed E-state index contributed by atoms with van der Waals surface area (Å²) in [6.45, 7) is 0. The molecule has 114 valence electrons. The maximum absolute atomic E-state index is 11.4. The second kappa shape index (κ2) is 6.32. The van der Waals surface area contributed by atoms with Crippen LogP contribution < -0.4 is 4.90 Å². The lowest BCUT2D eigenvalue weighted by atomic mass is 10.1. The highest BCUT2D eigenvalue weighted by atomic mass is 16.4. The molecule has 0 spiro atoms. The first-order chi connectivity index (χ1) is 11.1. The number of aromatic carboxylic acids is 1. The third-order valence-electron chi connectivity index (χ3n) is 3.63. The number of nitrogens with zero attached hydrogens (tertiary/aromatic N) is 2. The number of carboxylic acid groups (broad SMARTS) is 1. The van der Waals surface area contributed by atoms with E-state index >= 15 is 0 Å². The summed E-state index contributed by atoms with van der Waals surface area (Å²) in [4.78, 5) is 17.6. The van der Waals surface area contributed by atoms with Crippen molar-refractivity contribution in [2.45, 2.75) is 0 Å². The normalized spacial score (nSPS) is 10.3. The minimum absolute atomic E-state index is 0.0316. The Hall–Kier alpha value is -3.14. The van der Waals surface area contributed by atoms with Crippen LogP contribution >= 0.6 is 0 Å². The average Bonchev–Trinajstić information content (AvgIpc) is 2.62. The number of rotatable bonds is 4. The van der Waals surface area contributed by atoms with Gasteiger partial charge in [-0.1, -0.05) is 48.5 Å². The molecule has 0 bridgehead atoms. The van der Waals surface area contributed by atoms with Crippen LogP contribution in [-0.2, 0) is 0 Å². The van der Waals surface area contributed by atoms with Gasteiger partial charge in [-0.15, -0.1) is 0 Å². The summed E-state index contributed by atoms with van der Waals surface area (Å²) in [5.74, 6) is -1.04. The highest BCUT2D eigenvalue weighted by molar-refractivity contribution is 5.88. The Morgan fingerprint density at radius 3 is 2.13 bits per heavy atom. The molecule has 0 aliphatic heterocycles. The van der Waals surface area contributed by atoms with Crippen LogP contribution in [0.4, 0.5) is 11.4 Å². The van der Waals surface area contributed by atoms with Gasteiger partial charge in [0.05, 0.1) is 5.69 Å². The molecule has 0 radical (unpaired) electrons. The standard InChI is InChI=1S/C19H16N2O2/c1-21(15-10-6-3-7-11-15)16-12-17(14-8-4-2-5-9-14)20-18(13-16)19(22)23/h2-13H,1H3,(H,22,23). The van der Waals surface area contributed by atoms with Gasteiger partial charge in [-0.05, 0) is 24.3 Å². The van der Waals surface area contributed by atoms with Crippen LogP contribution in [0.15, 0.2) is 72.8 Å². The number of pyridine rings is 1. The molecular formula is C19H16N2O2. The molecule has 0 saturated heterocycles. The molecule has 1 N–H and O–H groups in total. The molecule has 2 aromatic carbocycles. The quantitative estimate of drug-likeness (QED) is 0.784. The van der Waals surface area contributed by atoms with E-state index in [0.29, 0.717) is 5.69 Å². The maximum atomic E-state index is 11.4. The molecule has 4 heteroatoms. The van der Waals surface area contributed by atoms with Gasteiger partial charge in [0.1, 0.15) is 0 Å². The lowest BCUT2D eigenvalue weighted by molar-refractivity contribution is 0.0690. The predicted molar refractivity (Wildman–Crippen MR) is 91.1 cm³/mol. The van der Waals surface area contributed by atoms with Gasteiger partial charge in [-0.3, -0.25) is 0 Å². The van der Waals surface area contributed by atoms with E-state index in [4.69, 9.17) is 0 Å². The average molecular weight is 304 g/mol. The van der Waals surface area contributed by atoms with E-state index in [2.05, 4.69) is 4.98 Å². The van der Waals surface area contributed by atoms with E-state index in [1.165, 1.54) is 0 Å². The Kier molecular flexibility index (Phi) is 4.06. The Morgan fingerprint density at radius 1 is 0.913 bits per heavy atom. The topological polar surface area (TPSA) is 53.4 Å². The molecule has 3 rings (SSSR count). The predicted octanol–water partition coefficient (Wildman–Crippen LogP) is 4.21. The number of anilines is 2. The lowest BCUT2D eigenvalue weighted by Crippen LogP contribution is -2.12. The summed E-state index contributed by atoms with van der Waals surface area (Å²) in [5, 5.41) is 9.35. The van der Waals surface area contributed by atoms with Gasteiger partial charge in [-0.25, -0.2) is 9.78 Å². The second-order valence-electron chi connectivity index (χ2n) is 5.16. The molecule has 0 fully saturated rings. The summed E-state index contributed by atoms with van der Waals surface area (Å²) in [7, 11) is 1.91. The van der Waals surface area contributed by atoms with Crippen molar-refractivity contribution in [1.82, 2.24) is 4.98 Å². The molecule has 1 heterocycles. The first-order valence-electron chi connectivity index (χ1n) is 7.25. The molecule has 0 amide bonds. The summed E-state index contributed by atoms with van der Waals surface area (Å²) < 4.78 is 0. The third-order valence-corrected chi connectivity index (χ3v) is 3.63. The van der Waals surface area contributed by atoms with Crippen molar-refractivity contribution in [3.8, 4) is 11.3 Å². The Balaban J connectivity index is 2.10. The SMILES string of the molecule is CN(c1ccccc1)c1cc(C(=O)O)nc(-c2ccccc2)c1. The number of benzene rings is 2. The smallest absolute Gasteiger partial charge is 0.354 e. The zero-order valence-corrected chi connectivity index (χ0v) is 12.7. The number of hydrogen-bond donors (Lipinski definition) is 1. The van der Waals surface area contributed by atoms with Gasteiger partial charge in [0.2, 0.25) is 0 Å². The lowest BCUT2D eigenvalue weighted by Gasteiger charge is -2.20. The maximum Gasteiger partial charge on any atom is 0.354 e. The zero-order chi connectivity index (χ0) is 16.2. The van der Waals surface area contributed by atoms with Crippen LogP contribution in [0.2, 0.25) is 0 Å². The van der Waals surface area contributed by atoms with Crippen LogP contribution in [0, 0.1) is 0 Å². The Morgan fingerprint density at radius 2 is 1.52 bits per heavy atom. The second-order valence-corrected chi connectivity index (χ2v) is 5.16. The zero-order valence-electron chi connectivity index (χ0n) is 12.7. The molecular weight excluding hydrogens is 288 g/mol. The molecule has 0 atom stereocenters. The summed E-state index contributed by atoms with van der Waals surface area (Å²) in [5.41, 5.74) is 3.32. The van der Waals surface area contributed by atoms with E-state index in [1.54, 1.807) is 6.07 Å². The summed E-state index contributed by atoms with van der Waals surface area (Å²) >= 11 is 0.